The van der Waals surface area contributed by atoms with Crippen LogP contribution >= 0.6 is 0 Å². The lowest BCUT2D eigenvalue weighted by atomic mass is 10.2. The van der Waals surface area contributed by atoms with Crippen molar-refractivity contribution in [2.45, 2.75) is 51.2 Å². The first-order chi connectivity index (χ1) is 12.1. The number of rotatable bonds is 6. The molecule has 6 nitrogen and oxygen atoms in total. The van der Waals surface area contributed by atoms with Gasteiger partial charge in [-0.2, -0.15) is 0 Å². The molecule has 2 N–H and O–H groups in total. The van der Waals surface area contributed by atoms with Gasteiger partial charge in [-0.1, -0.05) is 12.8 Å². The molecule has 6 heteroatoms. The van der Waals surface area contributed by atoms with Gasteiger partial charge in [0.05, 0.1) is 6.10 Å². The van der Waals surface area contributed by atoms with E-state index >= 15 is 0 Å². The van der Waals surface area contributed by atoms with E-state index in [9.17, 15) is 9.90 Å². The van der Waals surface area contributed by atoms with Crippen molar-refractivity contribution in [3.05, 3.63) is 23.9 Å². The van der Waals surface area contributed by atoms with Gasteiger partial charge in [-0.05, 0) is 49.3 Å². The van der Waals surface area contributed by atoms with Crippen LogP contribution in [0.15, 0.2) is 18.3 Å². The van der Waals surface area contributed by atoms with Gasteiger partial charge >= 0.3 is 6.03 Å². The number of anilines is 1. The Balaban J connectivity index is 1.50. The van der Waals surface area contributed by atoms with Crippen LogP contribution in [0, 0.1) is 5.92 Å². The molecule has 2 aliphatic rings. The number of aromatic nitrogens is 1. The van der Waals surface area contributed by atoms with Gasteiger partial charge in [0.15, 0.2) is 0 Å². The number of aliphatic hydroxyl groups is 1. The van der Waals surface area contributed by atoms with Gasteiger partial charge < -0.3 is 20.2 Å². The molecule has 1 aliphatic heterocycles. The number of carbonyl (C=O) groups excluding carboxylic acids is 1. The normalized spacial score (nSPS) is 19.2. The summed E-state index contributed by atoms with van der Waals surface area (Å²) in [6, 6.07) is 3.87. The summed E-state index contributed by atoms with van der Waals surface area (Å²) in [5.41, 5.74) is 1.05. The van der Waals surface area contributed by atoms with Crippen LogP contribution in [-0.4, -0.2) is 53.8 Å². The van der Waals surface area contributed by atoms with E-state index in [2.05, 4.69) is 21.3 Å². The molecule has 1 saturated carbocycles. The van der Waals surface area contributed by atoms with E-state index in [1.807, 2.05) is 12.3 Å². The molecule has 0 spiro atoms. The van der Waals surface area contributed by atoms with E-state index in [-0.39, 0.29) is 6.03 Å². The lowest BCUT2D eigenvalue weighted by molar-refractivity contribution is 0.113. The zero-order valence-corrected chi connectivity index (χ0v) is 15.2. The zero-order chi connectivity index (χ0) is 17.6. The van der Waals surface area contributed by atoms with Crippen LogP contribution in [0.2, 0.25) is 0 Å². The van der Waals surface area contributed by atoms with Gasteiger partial charge in [0.2, 0.25) is 0 Å². The van der Waals surface area contributed by atoms with Crippen molar-refractivity contribution in [2.24, 2.45) is 5.92 Å². The third-order valence-electron chi connectivity index (χ3n) is 5.16. The highest BCUT2D eigenvalue weighted by Gasteiger charge is 2.31. The Morgan fingerprint density at radius 2 is 2.08 bits per heavy atom. The molecule has 1 aromatic heterocycles. The van der Waals surface area contributed by atoms with Gasteiger partial charge in [-0.3, -0.25) is 0 Å². The number of nitrogens with one attached hydrogen (secondary N) is 1. The number of hydrogen-bond donors (Lipinski definition) is 2. The lowest BCUT2D eigenvalue weighted by Crippen LogP contribution is -2.41. The van der Waals surface area contributed by atoms with E-state index < -0.39 is 6.10 Å². The van der Waals surface area contributed by atoms with Crippen molar-refractivity contribution in [3.8, 4) is 0 Å². The van der Waals surface area contributed by atoms with E-state index in [0.717, 1.165) is 37.3 Å². The molecule has 0 radical (unpaired) electrons. The van der Waals surface area contributed by atoms with E-state index in [0.29, 0.717) is 19.0 Å². The highest BCUT2D eigenvalue weighted by atomic mass is 16.3. The number of carbonyl (C=O) groups is 1. The molecular formula is C19H30N4O2. The van der Waals surface area contributed by atoms with Gasteiger partial charge in [0.1, 0.15) is 5.82 Å². The summed E-state index contributed by atoms with van der Waals surface area (Å²) in [5.74, 6) is 1.39. The molecule has 25 heavy (non-hydrogen) atoms. The van der Waals surface area contributed by atoms with Crippen molar-refractivity contribution in [3.63, 3.8) is 0 Å². The third-order valence-corrected chi connectivity index (χ3v) is 5.16. The van der Waals surface area contributed by atoms with Crippen molar-refractivity contribution in [1.29, 1.82) is 0 Å². The Hall–Kier alpha value is -1.82. The lowest BCUT2D eigenvalue weighted by Gasteiger charge is -2.23. The molecule has 2 heterocycles. The fourth-order valence-corrected chi connectivity index (χ4v) is 3.35. The summed E-state index contributed by atoms with van der Waals surface area (Å²) >= 11 is 0. The average molecular weight is 346 g/mol. The van der Waals surface area contributed by atoms with Crippen LogP contribution in [0.5, 0.6) is 0 Å². The number of urea groups is 1. The monoisotopic (exact) mass is 346 g/mol. The van der Waals surface area contributed by atoms with Gasteiger partial charge in [-0.25, -0.2) is 9.78 Å². The Labute approximate surface area is 150 Å². The molecule has 1 unspecified atom stereocenters. The molecule has 0 bridgehead atoms. The van der Waals surface area contributed by atoms with Crippen molar-refractivity contribution >= 4 is 11.8 Å². The summed E-state index contributed by atoms with van der Waals surface area (Å²) in [4.78, 5) is 20.6. The summed E-state index contributed by atoms with van der Waals surface area (Å²) < 4.78 is 0. The Morgan fingerprint density at radius 3 is 2.76 bits per heavy atom. The van der Waals surface area contributed by atoms with Gasteiger partial charge in [-0.15, -0.1) is 0 Å². The number of nitrogens with zero attached hydrogens (tertiary/aromatic N) is 3. The minimum Gasteiger partial charge on any atom is -0.391 e. The van der Waals surface area contributed by atoms with Crippen LogP contribution in [0.3, 0.4) is 0 Å². The first-order valence-electron chi connectivity index (χ1n) is 9.50. The quantitative estimate of drug-likeness (QED) is 0.830. The topological polar surface area (TPSA) is 68.7 Å². The Kier molecular flexibility index (Phi) is 6.13. The fourth-order valence-electron chi connectivity index (χ4n) is 3.35. The fraction of sp³-hybridized carbons (Fsp3) is 0.684. The number of likely N-dealkylation sites (N-methyl/N-ethyl adjacent to an activating group) is 1. The highest BCUT2D eigenvalue weighted by Crippen LogP contribution is 2.32. The molecule has 3 rings (SSSR count). The third kappa shape index (κ3) is 5.33. The maximum absolute atomic E-state index is 12.2. The maximum Gasteiger partial charge on any atom is 0.317 e. The molecule has 0 aromatic carbocycles. The molecule has 1 saturated heterocycles. The standard InChI is InChI=1S/C19H30N4O2/c1-22(14-17(24)16-6-7-16)19(25)21-13-15-8-9-20-18(12-15)23-10-4-2-3-5-11-23/h8-9,12,16-17,24H,2-7,10-11,13-14H2,1H3,(H,21,25). The molecule has 1 aromatic rings. The van der Waals surface area contributed by atoms with Crippen LogP contribution in [0.1, 0.15) is 44.1 Å². The Morgan fingerprint density at radius 1 is 1.36 bits per heavy atom. The van der Waals surface area contributed by atoms with Crippen LogP contribution in [-0.2, 0) is 6.54 Å². The molecule has 2 fully saturated rings. The smallest absolute Gasteiger partial charge is 0.317 e. The first kappa shape index (κ1) is 18.0. The number of amides is 2. The largest absolute Gasteiger partial charge is 0.391 e. The molecule has 1 atom stereocenters. The second-order valence-corrected chi connectivity index (χ2v) is 7.37. The minimum atomic E-state index is -0.397. The van der Waals surface area contributed by atoms with Crippen LogP contribution in [0.4, 0.5) is 10.6 Å². The first-order valence-corrected chi connectivity index (χ1v) is 9.50. The number of hydrogen-bond acceptors (Lipinski definition) is 4. The van der Waals surface area contributed by atoms with E-state index in [1.54, 1.807) is 11.9 Å². The van der Waals surface area contributed by atoms with E-state index in [4.69, 9.17) is 0 Å². The summed E-state index contributed by atoms with van der Waals surface area (Å²) in [7, 11) is 1.73. The van der Waals surface area contributed by atoms with Gasteiger partial charge in [0.25, 0.3) is 0 Å². The van der Waals surface area contributed by atoms with E-state index in [1.165, 1.54) is 25.7 Å². The Bertz CT molecular complexity index is 568. The summed E-state index contributed by atoms with van der Waals surface area (Å²) in [6.45, 7) is 2.99. The second-order valence-electron chi connectivity index (χ2n) is 7.37. The maximum atomic E-state index is 12.2. The highest BCUT2D eigenvalue weighted by molar-refractivity contribution is 5.73. The second kappa shape index (κ2) is 8.52. The predicted octanol–water partition coefficient (Wildman–Crippen LogP) is 2.37. The summed E-state index contributed by atoms with van der Waals surface area (Å²) in [6.07, 6.45) is 8.61. The SMILES string of the molecule is CN(CC(O)C1CC1)C(=O)NCc1ccnc(N2CCCCCC2)c1. The van der Waals surface area contributed by atoms with Crippen LogP contribution in [0.25, 0.3) is 0 Å². The molecule has 138 valence electrons. The minimum absolute atomic E-state index is 0.146. The molecular weight excluding hydrogens is 316 g/mol. The number of pyridine rings is 1. The zero-order valence-electron chi connectivity index (χ0n) is 15.2. The average Bonchev–Trinajstić information content (AvgIpc) is 3.46. The van der Waals surface area contributed by atoms with Crippen molar-refractivity contribution < 1.29 is 9.90 Å². The predicted molar refractivity (Wildman–Crippen MR) is 98.5 cm³/mol. The van der Waals surface area contributed by atoms with Gasteiger partial charge in [0, 0.05) is 39.4 Å². The van der Waals surface area contributed by atoms with Crippen LogP contribution < -0.4 is 10.2 Å². The molecule has 2 amide bonds. The molecule has 1 aliphatic carbocycles. The van der Waals surface area contributed by atoms with Crippen molar-refractivity contribution in [1.82, 2.24) is 15.2 Å². The van der Waals surface area contributed by atoms with Crippen molar-refractivity contribution in [2.75, 3.05) is 31.6 Å². The summed E-state index contributed by atoms with van der Waals surface area (Å²) in [5, 5.41) is 12.9. The number of aliphatic hydroxyl groups excluding tert-OH is 1.